The quantitative estimate of drug-likeness (QED) is 0.510. The highest BCUT2D eigenvalue weighted by molar-refractivity contribution is 9.10. The summed E-state index contributed by atoms with van der Waals surface area (Å²) in [6.07, 6.45) is 4.65. The van der Waals surface area contributed by atoms with Crippen LogP contribution >= 0.6 is 27.9 Å². The molecule has 0 aliphatic carbocycles. The number of piperidine rings is 1. The number of ether oxygens (including phenoxy) is 2. The minimum absolute atomic E-state index is 0.0219. The van der Waals surface area contributed by atoms with Crippen LogP contribution in [0.4, 0.5) is 4.79 Å². The van der Waals surface area contributed by atoms with E-state index in [-0.39, 0.29) is 18.4 Å². The second-order valence-electron chi connectivity index (χ2n) is 10.4. The number of hydrogen-bond acceptors (Lipinski definition) is 9. The maximum absolute atomic E-state index is 12.7. The Morgan fingerprint density at radius 2 is 2.08 bits per heavy atom. The molecule has 0 saturated carbocycles. The third kappa shape index (κ3) is 5.39. The maximum Gasteiger partial charge on any atom is 0.317 e. The van der Waals surface area contributed by atoms with E-state index < -0.39 is 0 Å². The van der Waals surface area contributed by atoms with Crippen molar-refractivity contribution in [2.24, 2.45) is 21.6 Å². The zero-order valence-corrected chi connectivity index (χ0v) is 23.2. The normalized spacial score (nSPS) is 21.2. The van der Waals surface area contributed by atoms with Gasteiger partial charge < -0.3 is 30.3 Å². The summed E-state index contributed by atoms with van der Waals surface area (Å²) >= 11 is 5.17. The highest BCUT2D eigenvalue weighted by Gasteiger charge is 2.33. The molecule has 5 rings (SSSR count). The molecule has 2 amide bonds. The number of likely N-dealkylation sites (tertiary alicyclic amines) is 1. The van der Waals surface area contributed by atoms with Gasteiger partial charge in [0.1, 0.15) is 24.5 Å². The molecule has 4 aliphatic rings. The summed E-state index contributed by atoms with van der Waals surface area (Å²) in [5.74, 6) is 3.27. The monoisotopic (exact) mass is 577 g/mol. The summed E-state index contributed by atoms with van der Waals surface area (Å²) in [4.78, 5) is 26.8. The van der Waals surface area contributed by atoms with Gasteiger partial charge in [0.2, 0.25) is 6.79 Å². The molecule has 12 heteroatoms. The summed E-state index contributed by atoms with van der Waals surface area (Å²) in [5.41, 5.74) is 6.97. The Hall–Kier alpha value is -2.60. The predicted octanol–water partition coefficient (Wildman–Crippen LogP) is 3.94. The lowest BCUT2D eigenvalue weighted by atomic mass is 9.94. The van der Waals surface area contributed by atoms with E-state index in [9.17, 15) is 4.79 Å². The first kappa shape index (κ1) is 25.1. The minimum Gasteiger partial charge on any atom is -0.454 e. The molecule has 1 aromatic rings. The molecular weight excluding hydrogens is 546 g/mol. The van der Waals surface area contributed by atoms with Crippen LogP contribution in [0.5, 0.6) is 11.5 Å². The standard InChI is InChI=1S/C24H32BrN7O3S/c1-24(2,3)29-23(33)30-7-4-5-15(11-30)6-8-31-13-32(21(26)20-22(31)28-12-27-20)36-19-10-18-17(9-16(19)25)34-14-35-18/h9-10,12,15H,4-8,11,13-14,26H2,1-3H3,(H,29,33). The Morgan fingerprint density at radius 3 is 2.86 bits per heavy atom. The van der Waals surface area contributed by atoms with Gasteiger partial charge in [0, 0.05) is 40.6 Å². The Morgan fingerprint density at radius 1 is 1.31 bits per heavy atom. The molecule has 0 spiro atoms. The molecule has 3 N–H and O–H groups in total. The Bertz CT molecular complexity index is 1130. The van der Waals surface area contributed by atoms with E-state index >= 15 is 0 Å². The molecule has 4 heterocycles. The first-order chi connectivity index (χ1) is 17.2. The van der Waals surface area contributed by atoms with Crippen LogP contribution in [0.1, 0.15) is 40.0 Å². The van der Waals surface area contributed by atoms with Crippen molar-refractivity contribution in [2.45, 2.75) is 50.5 Å². The number of nitrogens with two attached hydrogens (primary N) is 1. The molecule has 1 saturated heterocycles. The van der Waals surface area contributed by atoms with Crippen LogP contribution in [0.25, 0.3) is 0 Å². The first-order valence-electron chi connectivity index (χ1n) is 12.1. The molecule has 1 fully saturated rings. The number of amidine groups is 1. The lowest BCUT2D eigenvalue weighted by Crippen LogP contribution is -2.51. The van der Waals surface area contributed by atoms with Gasteiger partial charge in [-0.05, 0) is 79.9 Å². The third-order valence-electron chi connectivity index (χ3n) is 6.42. The van der Waals surface area contributed by atoms with Crippen LogP contribution in [0.2, 0.25) is 0 Å². The number of hydrogen-bond donors (Lipinski definition) is 2. The molecule has 0 radical (unpaired) electrons. The number of halogens is 1. The number of urea groups is 1. The summed E-state index contributed by atoms with van der Waals surface area (Å²) in [6.45, 7) is 9.21. The van der Waals surface area contributed by atoms with E-state index in [0.717, 1.165) is 65.6 Å². The number of fused-ring (bicyclic) bond motifs is 2. The van der Waals surface area contributed by atoms with Crippen LogP contribution in [-0.2, 0) is 0 Å². The van der Waals surface area contributed by atoms with Gasteiger partial charge in [-0.15, -0.1) is 0 Å². The van der Waals surface area contributed by atoms with Gasteiger partial charge in [0.25, 0.3) is 0 Å². The minimum atomic E-state index is -0.241. The largest absolute Gasteiger partial charge is 0.454 e. The van der Waals surface area contributed by atoms with E-state index in [0.29, 0.717) is 24.1 Å². The van der Waals surface area contributed by atoms with Gasteiger partial charge in [-0.2, -0.15) is 0 Å². The van der Waals surface area contributed by atoms with Crippen molar-refractivity contribution in [3.05, 3.63) is 28.1 Å². The van der Waals surface area contributed by atoms with E-state index in [1.807, 2.05) is 42.1 Å². The van der Waals surface area contributed by atoms with E-state index in [1.165, 1.54) is 11.9 Å². The number of aliphatic imine (C=N–C) groups is 2. The van der Waals surface area contributed by atoms with Crippen molar-refractivity contribution in [2.75, 3.05) is 33.1 Å². The third-order valence-corrected chi connectivity index (χ3v) is 8.41. The average molecular weight is 579 g/mol. The Kier molecular flexibility index (Phi) is 6.99. The lowest BCUT2D eigenvalue weighted by Gasteiger charge is -2.39. The van der Waals surface area contributed by atoms with Crippen LogP contribution < -0.4 is 20.5 Å². The first-order valence-corrected chi connectivity index (χ1v) is 13.7. The highest BCUT2D eigenvalue weighted by atomic mass is 79.9. The van der Waals surface area contributed by atoms with Gasteiger partial charge in [0.15, 0.2) is 17.3 Å². The molecule has 10 nitrogen and oxygen atoms in total. The van der Waals surface area contributed by atoms with Crippen molar-refractivity contribution in [1.29, 1.82) is 0 Å². The molecule has 4 aliphatic heterocycles. The summed E-state index contributed by atoms with van der Waals surface area (Å²) in [5, 5.41) is 3.09. The Labute approximate surface area is 224 Å². The fourth-order valence-corrected chi connectivity index (χ4v) is 6.12. The zero-order chi connectivity index (χ0) is 25.4. The van der Waals surface area contributed by atoms with Crippen molar-refractivity contribution in [1.82, 2.24) is 19.4 Å². The van der Waals surface area contributed by atoms with Crippen LogP contribution in [0, 0.1) is 5.92 Å². The molecular formula is C24H32BrN7O3S. The van der Waals surface area contributed by atoms with Crippen molar-refractivity contribution in [3.8, 4) is 11.5 Å². The summed E-state index contributed by atoms with van der Waals surface area (Å²) in [7, 11) is 0. The topological polar surface area (TPSA) is 108 Å². The van der Waals surface area contributed by atoms with Crippen LogP contribution in [0.3, 0.4) is 0 Å². The maximum atomic E-state index is 12.7. The number of nitrogens with one attached hydrogen (secondary N) is 1. The van der Waals surface area contributed by atoms with E-state index in [4.69, 9.17) is 15.2 Å². The molecule has 1 unspecified atom stereocenters. The molecule has 0 bridgehead atoms. The fourth-order valence-electron chi connectivity index (χ4n) is 4.65. The van der Waals surface area contributed by atoms with Gasteiger partial charge in [-0.1, -0.05) is 0 Å². The highest BCUT2D eigenvalue weighted by Crippen LogP contribution is 2.43. The number of nitrogens with zero attached hydrogens (tertiary/aromatic N) is 5. The second kappa shape index (κ2) is 10.0. The molecule has 0 aromatic heterocycles. The SMILES string of the molecule is CC(C)(C)NC(=O)N1CCCC(CCN2CN(Sc3cc4c(cc3Br)OCO4)C(N)=C3N=CN=C32)C1. The smallest absolute Gasteiger partial charge is 0.317 e. The van der Waals surface area contributed by atoms with E-state index in [2.05, 4.69) is 36.1 Å². The molecule has 194 valence electrons. The predicted molar refractivity (Wildman–Crippen MR) is 144 cm³/mol. The summed E-state index contributed by atoms with van der Waals surface area (Å²) in [6, 6.07) is 3.90. The Balaban J connectivity index is 1.25. The van der Waals surface area contributed by atoms with Crippen molar-refractivity contribution < 1.29 is 14.3 Å². The molecule has 1 atom stereocenters. The van der Waals surface area contributed by atoms with Crippen LogP contribution in [0.15, 0.2) is 43.0 Å². The fraction of sp³-hybridized carbons (Fsp3) is 0.542. The molecule has 36 heavy (non-hydrogen) atoms. The number of rotatable bonds is 5. The number of carbonyl (C=O) groups is 1. The van der Waals surface area contributed by atoms with Gasteiger partial charge in [-0.3, -0.25) is 4.31 Å². The second-order valence-corrected chi connectivity index (χ2v) is 12.3. The lowest BCUT2D eigenvalue weighted by molar-refractivity contribution is 0.151. The van der Waals surface area contributed by atoms with Gasteiger partial charge in [-0.25, -0.2) is 14.8 Å². The van der Waals surface area contributed by atoms with E-state index in [1.54, 1.807) is 6.34 Å². The van der Waals surface area contributed by atoms with Crippen LogP contribution in [-0.4, -0.2) is 70.9 Å². The number of benzene rings is 1. The van der Waals surface area contributed by atoms with Crippen molar-refractivity contribution >= 4 is 46.1 Å². The number of amides is 2. The molecule has 1 aromatic carbocycles. The summed E-state index contributed by atoms with van der Waals surface area (Å²) < 4.78 is 14.0. The van der Waals surface area contributed by atoms with Crippen molar-refractivity contribution in [3.63, 3.8) is 0 Å². The van der Waals surface area contributed by atoms with Gasteiger partial charge in [0.05, 0.1) is 0 Å². The van der Waals surface area contributed by atoms with Gasteiger partial charge >= 0.3 is 6.03 Å². The zero-order valence-electron chi connectivity index (χ0n) is 20.8. The number of carbonyl (C=O) groups excluding carboxylic acids is 1. The average Bonchev–Trinajstić information content (AvgIpc) is 3.49.